The zero-order valence-corrected chi connectivity index (χ0v) is 7.79. The summed E-state index contributed by atoms with van der Waals surface area (Å²) in [7, 11) is 0. The molecular weight excluding hydrogens is 158 g/mol. The molecule has 4 heteroatoms. The van der Waals surface area contributed by atoms with E-state index in [4.69, 9.17) is 4.84 Å². The second-order valence-corrected chi connectivity index (χ2v) is 2.46. The lowest BCUT2D eigenvalue weighted by Gasteiger charge is -2.16. The van der Waals surface area contributed by atoms with Crippen LogP contribution >= 0.6 is 0 Å². The molecule has 0 heterocycles. The predicted molar refractivity (Wildman–Crippen MR) is 44.3 cm³/mol. The molecule has 12 heavy (non-hydrogen) atoms. The minimum absolute atomic E-state index is 0.142. The molecule has 4 nitrogen and oxygen atoms in total. The molecule has 0 N–H and O–H groups in total. The second kappa shape index (κ2) is 5.71. The lowest BCUT2D eigenvalue weighted by Crippen LogP contribution is -2.27. The van der Waals surface area contributed by atoms with E-state index in [0.29, 0.717) is 13.1 Å². The Labute approximate surface area is 72.4 Å². The van der Waals surface area contributed by atoms with Crippen LogP contribution in [0.1, 0.15) is 27.2 Å². The molecular formula is C8H15NO3. The minimum Gasteiger partial charge on any atom is -0.367 e. The van der Waals surface area contributed by atoms with Crippen molar-refractivity contribution in [1.29, 1.82) is 0 Å². The number of hydroxylamine groups is 2. The maximum absolute atomic E-state index is 10.9. The van der Waals surface area contributed by atoms with Gasteiger partial charge in [-0.1, -0.05) is 0 Å². The molecule has 0 radical (unpaired) electrons. The van der Waals surface area contributed by atoms with Gasteiger partial charge in [-0.2, -0.15) is 0 Å². The summed E-state index contributed by atoms with van der Waals surface area (Å²) in [4.78, 5) is 26.2. The van der Waals surface area contributed by atoms with Crippen LogP contribution in [-0.2, 0) is 14.4 Å². The van der Waals surface area contributed by atoms with Gasteiger partial charge in [-0.15, -0.1) is 5.06 Å². The van der Waals surface area contributed by atoms with E-state index in [9.17, 15) is 9.59 Å². The van der Waals surface area contributed by atoms with Gasteiger partial charge in [0, 0.05) is 13.1 Å². The van der Waals surface area contributed by atoms with Crippen molar-refractivity contribution in [2.75, 3.05) is 13.1 Å². The Hall–Kier alpha value is -0.900. The van der Waals surface area contributed by atoms with E-state index in [0.717, 1.165) is 0 Å². The summed E-state index contributed by atoms with van der Waals surface area (Å²) in [6.07, 6.45) is -0.142. The molecule has 0 saturated carbocycles. The Balaban J connectivity index is 3.74. The summed E-state index contributed by atoms with van der Waals surface area (Å²) in [5.41, 5.74) is 0. The molecule has 0 saturated heterocycles. The summed E-state index contributed by atoms with van der Waals surface area (Å²) in [6.45, 7) is 6.40. The van der Waals surface area contributed by atoms with Crippen LogP contribution in [0.2, 0.25) is 0 Å². The Morgan fingerprint density at radius 1 is 1.25 bits per heavy atom. The van der Waals surface area contributed by atoms with Crippen molar-refractivity contribution in [3.05, 3.63) is 0 Å². The van der Waals surface area contributed by atoms with Gasteiger partial charge in [-0.05, 0) is 20.8 Å². The highest BCUT2D eigenvalue weighted by Gasteiger charge is 2.09. The van der Waals surface area contributed by atoms with Crippen molar-refractivity contribution in [3.8, 4) is 0 Å². The van der Waals surface area contributed by atoms with E-state index in [-0.39, 0.29) is 12.2 Å². The molecule has 0 fully saturated rings. The molecule has 0 spiro atoms. The first-order chi connectivity index (χ1) is 5.60. The van der Waals surface area contributed by atoms with E-state index in [1.54, 1.807) is 0 Å². The van der Waals surface area contributed by atoms with Crippen molar-refractivity contribution in [2.24, 2.45) is 0 Å². The van der Waals surface area contributed by atoms with Crippen LogP contribution in [-0.4, -0.2) is 29.9 Å². The maximum Gasteiger partial charge on any atom is 0.332 e. The van der Waals surface area contributed by atoms with Crippen molar-refractivity contribution in [2.45, 2.75) is 27.2 Å². The third-order valence-electron chi connectivity index (χ3n) is 1.33. The Kier molecular flexibility index (Phi) is 5.28. The second-order valence-electron chi connectivity index (χ2n) is 2.46. The van der Waals surface area contributed by atoms with E-state index >= 15 is 0 Å². The summed E-state index contributed by atoms with van der Waals surface area (Å²) in [5.74, 6) is -0.654. The number of hydrogen-bond acceptors (Lipinski definition) is 4. The highest BCUT2D eigenvalue weighted by Crippen LogP contribution is 1.93. The third kappa shape index (κ3) is 4.85. The lowest BCUT2D eigenvalue weighted by atomic mass is 10.3. The number of Topliss-reactive ketones (excluding diaryl/α,β-unsaturated/α-hetero) is 1. The Morgan fingerprint density at radius 3 is 2.08 bits per heavy atom. The fourth-order valence-electron chi connectivity index (χ4n) is 0.732. The van der Waals surface area contributed by atoms with Crippen LogP contribution in [0.15, 0.2) is 0 Å². The fourth-order valence-corrected chi connectivity index (χ4v) is 0.732. The van der Waals surface area contributed by atoms with E-state index in [2.05, 4.69) is 0 Å². The zero-order valence-electron chi connectivity index (χ0n) is 7.79. The number of carbonyl (C=O) groups excluding carboxylic acids is 2. The van der Waals surface area contributed by atoms with Gasteiger partial charge in [0.15, 0.2) is 0 Å². The van der Waals surface area contributed by atoms with Crippen molar-refractivity contribution in [1.82, 2.24) is 5.06 Å². The summed E-state index contributed by atoms with van der Waals surface area (Å²) >= 11 is 0. The van der Waals surface area contributed by atoms with Gasteiger partial charge < -0.3 is 4.84 Å². The van der Waals surface area contributed by atoms with Gasteiger partial charge in [0.1, 0.15) is 12.2 Å². The number of carbonyl (C=O) groups is 2. The Morgan fingerprint density at radius 2 is 1.75 bits per heavy atom. The first-order valence-electron chi connectivity index (χ1n) is 4.05. The van der Waals surface area contributed by atoms with Gasteiger partial charge in [0.05, 0.1) is 0 Å². The van der Waals surface area contributed by atoms with Gasteiger partial charge >= 0.3 is 5.97 Å². The largest absolute Gasteiger partial charge is 0.367 e. The molecule has 0 bridgehead atoms. The summed E-state index contributed by atoms with van der Waals surface area (Å²) in [6, 6.07) is 0. The van der Waals surface area contributed by atoms with Crippen LogP contribution in [0, 0.1) is 0 Å². The van der Waals surface area contributed by atoms with E-state index in [1.165, 1.54) is 12.0 Å². The van der Waals surface area contributed by atoms with Crippen LogP contribution in [0.5, 0.6) is 0 Å². The van der Waals surface area contributed by atoms with Crippen molar-refractivity contribution in [3.63, 3.8) is 0 Å². The number of ketones is 1. The van der Waals surface area contributed by atoms with E-state index in [1.807, 2.05) is 13.8 Å². The molecule has 0 unspecified atom stereocenters. The number of nitrogens with zero attached hydrogens (tertiary/aromatic N) is 1. The van der Waals surface area contributed by atoms with Gasteiger partial charge in [0.2, 0.25) is 0 Å². The normalized spacial score (nSPS) is 10.0. The zero-order chi connectivity index (χ0) is 9.56. The van der Waals surface area contributed by atoms with Gasteiger partial charge in [-0.25, -0.2) is 4.79 Å². The molecule has 0 aromatic rings. The first-order valence-corrected chi connectivity index (χ1v) is 4.05. The molecule has 0 aromatic heterocycles. The van der Waals surface area contributed by atoms with Gasteiger partial charge in [0.25, 0.3) is 0 Å². The third-order valence-corrected chi connectivity index (χ3v) is 1.33. The van der Waals surface area contributed by atoms with Crippen molar-refractivity contribution >= 4 is 11.8 Å². The first kappa shape index (κ1) is 11.1. The molecule has 0 rings (SSSR count). The maximum atomic E-state index is 10.9. The minimum atomic E-state index is -0.480. The lowest BCUT2D eigenvalue weighted by molar-refractivity contribution is -0.188. The van der Waals surface area contributed by atoms with Gasteiger partial charge in [-0.3, -0.25) is 4.79 Å². The van der Waals surface area contributed by atoms with E-state index < -0.39 is 5.97 Å². The van der Waals surface area contributed by atoms with Crippen LogP contribution in [0.25, 0.3) is 0 Å². The molecule has 0 aliphatic rings. The van der Waals surface area contributed by atoms with Crippen LogP contribution in [0.3, 0.4) is 0 Å². The number of hydrogen-bond donors (Lipinski definition) is 0. The molecule has 0 aliphatic carbocycles. The average Bonchev–Trinajstić information content (AvgIpc) is 1.98. The van der Waals surface area contributed by atoms with Crippen molar-refractivity contribution < 1.29 is 14.4 Å². The highest BCUT2D eigenvalue weighted by molar-refractivity contribution is 5.93. The number of rotatable bonds is 5. The average molecular weight is 173 g/mol. The Bertz CT molecular complexity index is 164. The fraction of sp³-hybridized carbons (Fsp3) is 0.750. The van der Waals surface area contributed by atoms with Crippen LogP contribution < -0.4 is 0 Å². The van der Waals surface area contributed by atoms with Crippen LogP contribution in [0.4, 0.5) is 0 Å². The molecule has 0 amide bonds. The standard InChI is InChI=1S/C8H15NO3/c1-4-9(5-2)12-8(11)6-7(3)10/h4-6H2,1-3H3. The molecule has 0 atom stereocenters. The molecule has 0 aromatic carbocycles. The predicted octanol–water partition coefficient (Wildman–Crippen LogP) is 0.765. The topological polar surface area (TPSA) is 46.6 Å². The SMILES string of the molecule is CCN(CC)OC(=O)CC(C)=O. The molecule has 0 aliphatic heterocycles. The highest BCUT2D eigenvalue weighted by atomic mass is 16.7. The summed E-state index contributed by atoms with van der Waals surface area (Å²) in [5, 5.41) is 1.51. The monoisotopic (exact) mass is 173 g/mol. The smallest absolute Gasteiger partial charge is 0.332 e. The summed E-state index contributed by atoms with van der Waals surface area (Å²) < 4.78 is 0. The quantitative estimate of drug-likeness (QED) is 0.455. The molecule has 70 valence electrons.